The fraction of sp³-hybridized carbons (Fsp3) is 0.0556. The van der Waals surface area contributed by atoms with Gasteiger partial charge in [-0.15, -0.1) is 0 Å². The molecule has 1 aliphatic carbocycles. The van der Waals surface area contributed by atoms with Crippen LogP contribution in [-0.2, 0) is 5.41 Å². The Morgan fingerprint density at radius 2 is 0.667 bits per heavy atom. The summed E-state index contributed by atoms with van der Waals surface area (Å²) in [6.45, 7) is 4.68. The second-order valence-corrected chi connectivity index (χ2v) is 15.2. The molecule has 3 nitrogen and oxygen atoms in total. The topological polar surface area (TPSA) is 38.7 Å². The first-order valence-corrected chi connectivity index (χ1v) is 19.5. The Balaban J connectivity index is 1.16. The smallest absolute Gasteiger partial charge is 0.164 e. The zero-order chi connectivity index (χ0) is 38.3. The molecular weight excluding hydrogens is 691 g/mol. The predicted octanol–water partition coefficient (Wildman–Crippen LogP) is 13.8. The largest absolute Gasteiger partial charge is 0.208 e. The van der Waals surface area contributed by atoms with E-state index in [1.54, 1.807) is 0 Å². The maximum Gasteiger partial charge on any atom is 0.164 e. The van der Waals surface area contributed by atoms with Crippen LogP contribution in [0.5, 0.6) is 0 Å². The zero-order valence-corrected chi connectivity index (χ0v) is 31.9. The van der Waals surface area contributed by atoms with Crippen molar-refractivity contribution in [3.05, 3.63) is 211 Å². The SMILES string of the molecule is CC1(C)c2ccccc2-c2cc(-c3cc(-c4ccccc4)cc(-c4ccc(-c5nc(-c6ccccc6)nc(-c6ccccc6)n5)cc4)c3-c3ccccc3)ccc21. The van der Waals surface area contributed by atoms with Crippen molar-refractivity contribution in [3.63, 3.8) is 0 Å². The van der Waals surface area contributed by atoms with E-state index in [1.807, 2.05) is 60.7 Å². The van der Waals surface area contributed by atoms with Gasteiger partial charge in [0.05, 0.1) is 0 Å². The normalized spacial score (nSPS) is 12.5. The summed E-state index contributed by atoms with van der Waals surface area (Å²) >= 11 is 0. The zero-order valence-electron chi connectivity index (χ0n) is 31.9. The highest BCUT2D eigenvalue weighted by molar-refractivity contribution is 5.99. The summed E-state index contributed by atoms with van der Waals surface area (Å²) in [6.07, 6.45) is 0. The lowest BCUT2D eigenvalue weighted by atomic mass is 9.81. The van der Waals surface area contributed by atoms with Gasteiger partial charge in [0.1, 0.15) is 0 Å². The van der Waals surface area contributed by atoms with E-state index in [0.29, 0.717) is 17.5 Å². The summed E-state index contributed by atoms with van der Waals surface area (Å²) in [5, 5.41) is 0. The van der Waals surface area contributed by atoms with Crippen molar-refractivity contribution in [1.82, 2.24) is 15.0 Å². The van der Waals surface area contributed by atoms with Crippen molar-refractivity contribution in [2.45, 2.75) is 19.3 Å². The highest BCUT2D eigenvalue weighted by Crippen LogP contribution is 2.51. The fourth-order valence-corrected chi connectivity index (χ4v) is 8.43. The predicted molar refractivity (Wildman–Crippen MR) is 235 cm³/mol. The quantitative estimate of drug-likeness (QED) is 0.164. The van der Waals surface area contributed by atoms with Crippen LogP contribution in [0, 0.1) is 0 Å². The van der Waals surface area contributed by atoms with E-state index < -0.39 is 0 Å². The lowest BCUT2D eigenvalue weighted by Gasteiger charge is -2.22. The summed E-state index contributed by atoms with van der Waals surface area (Å²) in [6, 6.07) is 71.2. The Labute approximate surface area is 334 Å². The molecule has 0 saturated carbocycles. The van der Waals surface area contributed by atoms with E-state index in [2.05, 4.69) is 153 Å². The third-order valence-corrected chi connectivity index (χ3v) is 11.4. The molecule has 0 radical (unpaired) electrons. The first-order chi connectivity index (χ1) is 28.0. The molecule has 0 amide bonds. The number of fused-ring (bicyclic) bond motifs is 3. The van der Waals surface area contributed by atoms with Gasteiger partial charge in [-0.3, -0.25) is 0 Å². The summed E-state index contributed by atoms with van der Waals surface area (Å²) in [7, 11) is 0. The molecule has 0 aliphatic heterocycles. The molecule has 1 aliphatic rings. The lowest BCUT2D eigenvalue weighted by molar-refractivity contribution is 0.660. The van der Waals surface area contributed by atoms with Gasteiger partial charge in [0.2, 0.25) is 0 Å². The van der Waals surface area contributed by atoms with E-state index in [9.17, 15) is 0 Å². The minimum atomic E-state index is -0.0617. The lowest BCUT2D eigenvalue weighted by Crippen LogP contribution is -2.14. The maximum atomic E-state index is 5.01. The minimum absolute atomic E-state index is 0.0617. The van der Waals surface area contributed by atoms with Gasteiger partial charge < -0.3 is 0 Å². The average molecular weight is 730 g/mol. The molecule has 0 atom stereocenters. The monoisotopic (exact) mass is 729 g/mol. The maximum absolute atomic E-state index is 5.01. The van der Waals surface area contributed by atoms with E-state index in [1.165, 1.54) is 55.6 Å². The molecule has 0 N–H and O–H groups in total. The number of hydrogen-bond donors (Lipinski definition) is 0. The van der Waals surface area contributed by atoms with E-state index >= 15 is 0 Å². The summed E-state index contributed by atoms with van der Waals surface area (Å²) in [5.41, 5.74) is 17.5. The van der Waals surface area contributed by atoms with Crippen LogP contribution in [0.15, 0.2) is 200 Å². The average Bonchev–Trinajstić information content (AvgIpc) is 3.52. The van der Waals surface area contributed by atoms with Crippen LogP contribution in [0.1, 0.15) is 25.0 Å². The van der Waals surface area contributed by atoms with Crippen LogP contribution in [-0.4, -0.2) is 15.0 Å². The molecule has 0 spiro atoms. The van der Waals surface area contributed by atoms with Crippen molar-refractivity contribution in [1.29, 1.82) is 0 Å². The molecule has 1 aromatic heterocycles. The number of benzene rings is 8. The van der Waals surface area contributed by atoms with Gasteiger partial charge in [-0.2, -0.15) is 0 Å². The minimum Gasteiger partial charge on any atom is -0.208 e. The van der Waals surface area contributed by atoms with Crippen LogP contribution >= 0.6 is 0 Å². The highest BCUT2D eigenvalue weighted by atomic mass is 15.0. The van der Waals surface area contributed by atoms with Crippen molar-refractivity contribution in [2.24, 2.45) is 0 Å². The molecular formula is C54H39N3. The Hall–Kier alpha value is -7.23. The van der Waals surface area contributed by atoms with E-state index in [4.69, 9.17) is 15.0 Å². The van der Waals surface area contributed by atoms with Gasteiger partial charge >= 0.3 is 0 Å². The number of hydrogen-bond acceptors (Lipinski definition) is 3. The third-order valence-electron chi connectivity index (χ3n) is 11.4. The van der Waals surface area contributed by atoms with Crippen LogP contribution in [0.25, 0.3) is 89.8 Å². The van der Waals surface area contributed by atoms with Crippen LogP contribution < -0.4 is 0 Å². The summed E-state index contributed by atoms with van der Waals surface area (Å²) < 4.78 is 0. The number of nitrogens with zero attached hydrogens (tertiary/aromatic N) is 3. The van der Waals surface area contributed by atoms with Gasteiger partial charge in [-0.1, -0.05) is 196 Å². The molecule has 0 fully saturated rings. The van der Waals surface area contributed by atoms with Gasteiger partial charge in [0.15, 0.2) is 17.5 Å². The molecule has 10 rings (SSSR count). The molecule has 57 heavy (non-hydrogen) atoms. The van der Waals surface area contributed by atoms with Gasteiger partial charge in [-0.25, -0.2) is 15.0 Å². The van der Waals surface area contributed by atoms with Crippen molar-refractivity contribution in [3.8, 4) is 89.8 Å². The second kappa shape index (κ2) is 14.1. The second-order valence-electron chi connectivity index (χ2n) is 15.2. The van der Waals surface area contributed by atoms with Gasteiger partial charge in [-0.05, 0) is 85.0 Å². The fourth-order valence-electron chi connectivity index (χ4n) is 8.43. The summed E-state index contributed by atoms with van der Waals surface area (Å²) in [5.74, 6) is 1.93. The summed E-state index contributed by atoms with van der Waals surface area (Å²) in [4.78, 5) is 14.9. The Bertz CT molecular complexity index is 2830. The molecule has 270 valence electrons. The van der Waals surface area contributed by atoms with Crippen LogP contribution in [0.2, 0.25) is 0 Å². The number of aromatic nitrogens is 3. The Morgan fingerprint density at radius 1 is 0.281 bits per heavy atom. The van der Waals surface area contributed by atoms with Crippen LogP contribution in [0.3, 0.4) is 0 Å². The Kier molecular flexibility index (Phi) is 8.49. The molecule has 1 heterocycles. The number of rotatable bonds is 7. The van der Waals surface area contributed by atoms with Crippen molar-refractivity contribution in [2.75, 3.05) is 0 Å². The third kappa shape index (κ3) is 6.24. The Morgan fingerprint density at radius 3 is 1.23 bits per heavy atom. The first kappa shape index (κ1) is 34.3. The first-order valence-electron chi connectivity index (χ1n) is 19.5. The molecule has 3 heteroatoms. The van der Waals surface area contributed by atoms with E-state index in [0.717, 1.165) is 27.8 Å². The molecule has 0 unspecified atom stereocenters. The standard InChI is InChI=1S/C54H39N3/c1-54(2)48-26-16-15-25-44(48)47-33-42(31-32-49(47)54)46-35-43(36-17-7-3-8-18-36)34-45(50(46)38-19-9-4-10-20-38)37-27-29-41(30-28-37)53-56-51(39-21-11-5-12-22-39)55-52(57-53)40-23-13-6-14-24-40/h3-35H,1-2H3. The van der Waals surface area contributed by atoms with Crippen LogP contribution in [0.4, 0.5) is 0 Å². The van der Waals surface area contributed by atoms with Crippen molar-refractivity contribution >= 4 is 0 Å². The van der Waals surface area contributed by atoms with E-state index in [-0.39, 0.29) is 5.41 Å². The van der Waals surface area contributed by atoms with Gasteiger partial charge in [0, 0.05) is 22.1 Å². The highest BCUT2D eigenvalue weighted by Gasteiger charge is 2.35. The molecule has 9 aromatic rings. The molecule has 8 aromatic carbocycles. The van der Waals surface area contributed by atoms with Gasteiger partial charge in [0.25, 0.3) is 0 Å². The van der Waals surface area contributed by atoms with Crippen molar-refractivity contribution < 1.29 is 0 Å². The molecule has 0 bridgehead atoms. The molecule has 0 saturated heterocycles.